The Bertz CT molecular complexity index is 1020. The summed E-state index contributed by atoms with van der Waals surface area (Å²) < 4.78 is 5.70. The minimum absolute atomic E-state index is 0.218. The van der Waals surface area contributed by atoms with Crippen LogP contribution in [-0.2, 0) is 0 Å². The summed E-state index contributed by atoms with van der Waals surface area (Å²) in [5.41, 5.74) is 5.32. The number of ether oxygens (including phenoxy) is 1. The fourth-order valence-corrected chi connectivity index (χ4v) is 3.71. The third kappa shape index (κ3) is 4.24. The van der Waals surface area contributed by atoms with Gasteiger partial charge in [-0.3, -0.25) is 4.79 Å². The van der Waals surface area contributed by atoms with Crippen LogP contribution in [0.15, 0.2) is 65.8 Å². The molecule has 0 spiro atoms. The summed E-state index contributed by atoms with van der Waals surface area (Å²) in [6.45, 7) is 4.76. The highest BCUT2D eigenvalue weighted by Gasteiger charge is 2.13. The molecule has 148 valence electrons. The second kappa shape index (κ2) is 8.78. The summed E-state index contributed by atoms with van der Waals surface area (Å²) in [4.78, 5) is 14.8. The van der Waals surface area contributed by atoms with E-state index < -0.39 is 0 Å². The van der Waals surface area contributed by atoms with Crippen LogP contribution >= 0.6 is 0 Å². The zero-order chi connectivity index (χ0) is 20.1. The molecule has 1 aliphatic heterocycles. The molecule has 1 heterocycles. The van der Waals surface area contributed by atoms with Crippen molar-refractivity contribution in [3.63, 3.8) is 0 Å². The molecule has 1 N–H and O–H groups in total. The van der Waals surface area contributed by atoms with Gasteiger partial charge < -0.3 is 9.64 Å². The molecule has 4 rings (SSSR count). The maximum absolute atomic E-state index is 12.4. The standard InChI is InChI=1S/C24H25N3O2/c1-2-29-23-14-11-19(21-7-3-4-8-22(21)23)17-25-26-24(28)18-9-12-20(13-10-18)27-15-5-6-16-27/h3-4,7-14,17H,2,5-6,15-16H2,1H3,(H,26,28)/b25-17-. The van der Waals surface area contributed by atoms with Crippen LogP contribution in [0.1, 0.15) is 35.7 Å². The lowest BCUT2D eigenvalue weighted by atomic mass is 10.0. The number of hydrogen-bond donors (Lipinski definition) is 1. The average molecular weight is 387 g/mol. The lowest BCUT2D eigenvalue weighted by Crippen LogP contribution is -2.19. The van der Waals surface area contributed by atoms with Crippen molar-refractivity contribution < 1.29 is 9.53 Å². The maximum Gasteiger partial charge on any atom is 0.271 e. The summed E-state index contributed by atoms with van der Waals surface area (Å²) in [6, 6.07) is 19.6. The van der Waals surface area contributed by atoms with Crippen LogP contribution in [0.3, 0.4) is 0 Å². The quantitative estimate of drug-likeness (QED) is 0.497. The smallest absolute Gasteiger partial charge is 0.271 e. The van der Waals surface area contributed by atoms with Crippen LogP contribution in [0.25, 0.3) is 10.8 Å². The lowest BCUT2D eigenvalue weighted by Gasteiger charge is -2.17. The number of anilines is 1. The number of amides is 1. The van der Waals surface area contributed by atoms with E-state index in [1.807, 2.05) is 67.6 Å². The van der Waals surface area contributed by atoms with Gasteiger partial charge in [-0.2, -0.15) is 5.10 Å². The second-order valence-electron chi connectivity index (χ2n) is 7.07. The van der Waals surface area contributed by atoms with Crippen molar-refractivity contribution in [2.24, 2.45) is 5.10 Å². The fourth-order valence-electron chi connectivity index (χ4n) is 3.71. The van der Waals surface area contributed by atoms with Crippen molar-refractivity contribution >= 4 is 28.6 Å². The summed E-state index contributed by atoms with van der Waals surface area (Å²) >= 11 is 0. The van der Waals surface area contributed by atoms with Crippen LogP contribution in [0, 0.1) is 0 Å². The molecule has 29 heavy (non-hydrogen) atoms. The lowest BCUT2D eigenvalue weighted by molar-refractivity contribution is 0.0955. The number of benzene rings is 3. The molecule has 0 atom stereocenters. The van der Waals surface area contributed by atoms with Gasteiger partial charge in [0.15, 0.2) is 0 Å². The number of nitrogens with one attached hydrogen (secondary N) is 1. The Labute approximate surface area is 171 Å². The van der Waals surface area contributed by atoms with Gasteiger partial charge >= 0.3 is 0 Å². The van der Waals surface area contributed by atoms with Crippen LogP contribution in [0.2, 0.25) is 0 Å². The average Bonchev–Trinajstić information content (AvgIpc) is 3.30. The van der Waals surface area contributed by atoms with Crippen molar-refractivity contribution in [2.45, 2.75) is 19.8 Å². The molecule has 0 aliphatic carbocycles. The first-order valence-corrected chi connectivity index (χ1v) is 10.1. The Morgan fingerprint density at radius 3 is 2.48 bits per heavy atom. The number of carbonyl (C=O) groups is 1. The largest absolute Gasteiger partial charge is 0.493 e. The molecule has 0 saturated carbocycles. The van der Waals surface area contributed by atoms with E-state index in [1.54, 1.807) is 6.21 Å². The molecule has 1 fully saturated rings. The van der Waals surface area contributed by atoms with E-state index in [2.05, 4.69) is 15.4 Å². The van der Waals surface area contributed by atoms with Crippen molar-refractivity contribution in [1.29, 1.82) is 0 Å². The molecule has 5 heteroatoms. The molecule has 0 unspecified atom stereocenters. The van der Waals surface area contributed by atoms with Crippen molar-refractivity contribution in [2.75, 3.05) is 24.6 Å². The van der Waals surface area contributed by atoms with Gasteiger partial charge in [0.1, 0.15) is 5.75 Å². The number of hydrazone groups is 1. The molecule has 0 aromatic heterocycles. The Morgan fingerprint density at radius 2 is 1.76 bits per heavy atom. The van der Waals surface area contributed by atoms with Crippen LogP contribution in [0.5, 0.6) is 5.75 Å². The number of fused-ring (bicyclic) bond motifs is 1. The zero-order valence-corrected chi connectivity index (χ0v) is 16.6. The number of carbonyl (C=O) groups excluding carboxylic acids is 1. The summed E-state index contributed by atoms with van der Waals surface area (Å²) in [5.74, 6) is 0.631. The van der Waals surface area contributed by atoms with Gasteiger partial charge in [0.2, 0.25) is 0 Å². The minimum Gasteiger partial charge on any atom is -0.493 e. The Kier molecular flexibility index (Phi) is 5.75. The van der Waals surface area contributed by atoms with Gasteiger partial charge in [0.05, 0.1) is 12.8 Å². The topological polar surface area (TPSA) is 53.9 Å². The van der Waals surface area contributed by atoms with Gasteiger partial charge in [-0.15, -0.1) is 0 Å². The van der Waals surface area contributed by atoms with E-state index in [9.17, 15) is 4.79 Å². The van der Waals surface area contributed by atoms with E-state index in [0.717, 1.165) is 35.2 Å². The Hall–Kier alpha value is -3.34. The molecule has 1 saturated heterocycles. The predicted octanol–water partition coefficient (Wildman–Crippen LogP) is 4.60. The van der Waals surface area contributed by atoms with Crippen LogP contribution < -0.4 is 15.1 Å². The molecular formula is C24H25N3O2. The highest BCUT2D eigenvalue weighted by Crippen LogP contribution is 2.27. The van der Waals surface area contributed by atoms with Gasteiger partial charge in [0, 0.05) is 35.3 Å². The van der Waals surface area contributed by atoms with Gasteiger partial charge in [-0.25, -0.2) is 5.43 Å². The maximum atomic E-state index is 12.4. The highest BCUT2D eigenvalue weighted by atomic mass is 16.5. The Morgan fingerprint density at radius 1 is 1.03 bits per heavy atom. The first-order chi connectivity index (χ1) is 14.3. The minimum atomic E-state index is -0.218. The van der Waals surface area contributed by atoms with E-state index in [0.29, 0.717) is 12.2 Å². The van der Waals surface area contributed by atoms with E-state index in [-0.39, 0.29) is 5.91 Å². The van der Waals surface area contributed by atoms with E-state index in [1.165, 1.54) is 18.5 Å². The third-order valence-corrected chi connectivity index (χ3v) is 5.19. The SMILES string of the molecule is CCOc1ccc(/C=N\NC(=O)c2ccc(N3CCCC3)cc2)c2ccccc12. The molecule has 5 nitrogen and oxygen atoms in total. The van der Waals surface area contributed by atoms with Gasteiger partial charge in [-0.1, -0.05) is 24.3 Å². The first kappa shape index (κ1) is 19.0. The highest BCUT2D eigenvalue weighted by molar-refractivity contribution is 6.03. The first-order valence-electron chi connectivity index (χ1n) is 10.1. The van der Waals surface area contributed by atoms with Crippen LogP contribution in [-0.4, -0.2) is 31.8 Å². The molecule has 0 bridgehead atoms. The van der Waals surface area contributed by atoms with Gasteiger partial charge in [0.25, 0.3) is 5.91 Å². The second-order valence-corrected chi connectivity index (χ2v) is 7.07. The number of hydrogen-bond acceptors (Lipinski definition) is 4. The molecular weight excluding hydrogens is 362 g/mol. The molecule has 0 radical (unpaired) electrons. The summed E-state index contributed by atoms with van der Waals surface area (Å²) in [7, 11) is 0. The number of nitrogens with zero attached hydrogens (tertiary/aromatic N) is 2. The normalized spacial score (nSPS) is 13.9. The van der Waals surface area contributed by atoms with Crippen LogP contribution in [0.4, 0.5) is 5.69 Å². The predicted molar refractivity (Wildman–Crippen MR) is 118 cm³/mol. The van der Waals surface area contributed by atoms with Gasteiger partial charge in [-0.05, 0) is 61.5 Å². The molecule has 1 aliphatic rings. The molecule has 3 aromatic carbocycles. The van der Waals surface area contributed by atoms with Crippen molar-refractivity contribution in [1.82, 2.24) is 5.43 Å². The molecule has 3 aromatic rings. The number of rotatable bonds is 6. The zero-order valence-electron chi connectivity index (χ0n) is 16.6. The molecule has 1 amide bonds. The van der Waals surface area contributed by atoms with E-state index >= 15 is 0 Å². The van der Waals surface area contributed by atoms with Crippen molar-refractivity contribution in [3.8, 4) is 5.75 Å². The third-order valence-electron chi connectivity index (χ3n) is 5.19. The summed E-state index contributed by atoms with van der Waals surface area (Å²) in [6.07, 6.45) is 4.14. The fraction of sp³-hybridized carbons (Fsp3) is 0.250. The summed E-state index contributed by atoms with van der Waals surface area (Å²) in [5, 5.41) is 6.23. The monoisotopic (exact) mass is 387 g/mol. The van der Waals surface area contributed by atoms with Crippen molar-refractivity contribution in [3.05, 3.63) is 71.8 Å². The Balaban J connectivity index is 1.46. The van der Waals surface area contributed by atoms with E-state index in [4.69, 9.17) is 4.74 Å².